The normalized spacial score (nSPS) is 11.1. The highest BCUT2D eigenvalue weighted by Crippen LogP contribution is 2.22. The van der Waals surface area contributed by atoms with Crippen LogP contribution in [0.25, 0.3) is 0 Å². The van der Waals surface area contributed by atoms with Crippen LogP contribution in [0.15, 0.2) is 30.3 Å². The predicted molar refractivity (Wildman–Crippen MR) is 65.5 cm³/mol. The fraction of sp³-hybridized carbons (Fsp3) is 0.364. The Morgan fingerprint density at radius 2 is 1.71 bits per heavy atom. The van der Waals surface area contributed by atoms with Crippen molar-refractivity contribution < 1.29 is 0 Å². The Balaban J connectivity index is 3.08. The van der Waals surface area contributed by atoms with E-state index in [0.717, 1.165) is 5.69 Å². The third-order valence-corrected chi connectivity index (χ3v) is 2.09. The van der Waals surface area contributed by atoms with Crippen LogP contribution in [-0.4, -0.2) is 10.7 Å². The number of nitrogens with zero attached hydrogens (tertiary/aromatic N) is 1. The van der Waals surface area contributed by atoms with Crippen molar-refractivity contribution in [3.8, 4) is 0 Å². The zero-order chi connectivity index (χ0) is 10.8. The first-order chi connectivity index (χ1) is 6.43. The largest absolute Gasteiger partial charge is 0.376 e. The summed E-state index contributed by atoms with van der Waals surface area (Å²) in [6.45, 7) is 6.25. The topological polar surface area (TPSA) is 29.3 Å². The molecule has 0 saturated heterocycles. The number of hydrogen-bond donors (Lipinski definition) is 1. The van der Waals surface area contributed by atoms with Crippen LogP contribution in [0.4, 0.5) is 5.69 Å². The van der Waals surface area contributed by atoms with Crippen LogP contribution >= 0.6 is 12.2 Å². The number of benzene rings is 1. The van der Waals surface area contributed by atoms with Gasteiger partial charge in [0, 0.05) is 11.2 Å². The molecule has 2 nitrogen and oxygen atoms in total. The lowest BCUT2D eigenvalue weighted by Crippen LogP contribution is -2.48. The lowest BCUT2D eigenvalue weighted by atomic mass is 10.1. The van der Waals surface area contributed by atoms with Gasteiger partial charge in [-0.3, -0.25) is 0 Å². The molecule has 0 spiro atoms. The summed E-state index contributed by atoms with van der Waals surface area (Å²) in [4.78, 5) is 1.95. The van der Waals surface area contributed by atoms with E-state index in [-0.39, 0.29) is 5.54 Å². The average Bonchev–Trinajstić information content (AvgIpc) is 2.02. The van der Waals surface area contributed by atoms with Gasteiger partial charge in [0.15, 0.2) is 5.11 Å². The molecule has 0 unspecified atom stereocenters. The van der Waals surface area contributed by atoms with Gasteiger partial charge in [0.2, 0.25) is 0 Å². The number of nitrogens with two attached hydrogens (primary N) is 1. The molecular weight excluding hydrogens is 192 g/mol. The minimum atomic E-state index is -0.0901. The second-order valence-electron chi connectivity index (χ2n) is 4.18. The molecule has 1 aromatic carbocycles. The van der Waals surface area contributed by atoms with E-state index in [4.69, 9.17) is 18.0 Å². The molecule has 0 aromatic heterocycles. The van der Waals surface area contributed by atoms with Crippen LogP contribution in [-0.2, 0) is 0 Å². The number of thiocarbonyl (C=S) groups is 1. The minimum Gasteiger partial charge on any atom is -0.376 e. The quantitative estimate of drug-likeness (QED) is 0.719. The SMILES string of the molecule is CC(C)(C)N(C(N)=S)c1ccccc1. The van der Waals surface area contributed by atoms with Gasteiger partial charge in [-0.1, -0.05) is 18.2 Å². The number of anilines is 1. The molecule has 0 amide bonds. The van der Waals surface area contributed by atoms with Crippen molar-refractivity contribution in [1.82, 2.24) is 0 Å². The predicted octanol–water partition coefficient (Wildman–Crippen LogP) is 2.54. The van der Waals surface area contributed by atoms with Crippen molar-refractivity contribution in [2.45, 2.75) is 26.3 Å². The molecule has 0 aliphatic rings. The first kappa shape index (κ1) is 11.0. The van der Waals surface area contributed by atoms with E-state index in [1.165, 1.54) is 0 Å². The highest BCUT2D eigenvalue weighted by atomic mass is 32.1. The van der Waals surface area contributed by atoms with Crippen molar-refractivity contribution >= 4 is 23.0 Å². The fourth-order valence-electron chi connectivity index (χ4n) is 1.42. The van der Waals surface area contributed by atoms with E-state index >= 15 is 0 Å². The molecule has 1 rings (SSSR count). The minimum absolute atomic E-state index is 0.0901. The fourth-order valence-corrected chi connectivity index (χ4v) is 1.80. The van der Waals surface area contributed by atoms with Gasteiger partial charge in [0.05, 0.1) is 0 Å². The molecule has 1 aromatic rings. The van der Waals surface area contributed by atoms with Crippen molar-refractivity contribution in [2.75, 3.05) is 4.90 Å². The third kappa shape index (κ3) is 2.45. The van der Waals surface area contributed by atoms with Crippen molar-refractivity contribution in [3.63, 3.8) is 0 Å². The van der Waals surface area contributed by atoms with E-state index in [2.05, 4.69) is 20.8 Å². The Bertz CT molecular complexity index is 314. The van der Waals surface area contributed by atoms with E-state index in [9.17, 15) is 0 Å². The highest BCUT2D eigenvalue weighted by molar-refractivity contribution is 7.80. The Hall–Kier alpha value is -1.09. The molecule has 0 bridgehead atoms. The van der Waals surface area contributed by atoms with E-state index in [1.807, 2.05) is 35.2 Å². The van der Waals surface area contributed by atoms with Gasteiger partial charge in [-0.05, 0) is 45.1 Å². The number of para-hydroxylation sites is 1. The molecular formula is C11H16N2S. The summed E-state index contributed by atoms with van der Waals surface area (Å²) in [5.41, 5.74) is 6.66. The summed E-state index contributed by atoms with van der Waals surface area (Å²) in [6, 6.07) is 9.94. The summed E-state index contributed by atoms with van der Waals surface area (Å²) in [6.07, 6.45) is 0. The van der Waals surface area contributed by atoms with E-state index < -0.39 is 0 Å². The van der Waals surface area contributed by atoms with Crippen LogP contribution in [0, 0.1) is 0 Å². The molecule has 2 N–H and O–H groups in total. The molecule has 0 saturated carbocycles. The molecule has 14 heavy (non-hydrogen) atoms. The number of rotatable bonds is 1. The van der Waals surface area contributed by atoms with Gasteiger partial charge in [0.1, 0.15) is 0 Å². The lowest BCUT2D eigenvalue weighted by Gasteiger charge is -2.36. The third-order valence-electron chi connectivity index (χ3n) is 1.91. The average molecular weight is 208 g/mol. The van der Waals surface area contributed by atoms with Gasteiger partial charge >= 0.3 is 0 Å². The van der Waals surface area contributed by atoms with Crippen LogP contribution in [0.2, 0.25) is 0 Å². The van der Waals surface area contributed by atoms with Crippen LogP contribution in [0.3, 0.4) is 0 Å². The van der Waals surface area contributed by atoms with Gasteiger partial charge in [-0.15, -0.1) is 0 Å². The summed E-state index contributed by atoms with van der Waals surface area (Å²) >= 11 is 5.05. The Morgan fingerprint density at radius 3 is 2.07 bits per heavy atom. The summed E-state index contributed by atoms with van der Waals surface area (Å²) in [5, 5.41) is 0.406. The Labute approximate surface area is 90.7 Å². The van der Waals surface area contributed by atoms with Crippen LogP contribution in [0.1, 0.15) is 20.8 Å². The van der Waals surface area contributed by atoms with E-state index in [1.54, 1.807) is 0 Å². The molecule has 0 atom stereocenters. The number of hydrogen-bond acceptors (Lipinski definition) is 1. The van der Waals surface area contributed by atoms with Crippen molar-refractivity contribution in [3.05, 3.63) is 30.3 Å². The molecule has 0 heterocycles. The molecule has 76 valence electrons. The van der Waals surface area contributed by atoms with Gasteiger partial charge in [-0.25, -0.2) is 0 Å². The smallest absolute Gasteiger partial charge is 0.171 e. The Kier molecular flexibility index (Phi) is 3.11. The van der Waals surface area contributed by atoms with E-state index in [0.29, 0.717) is 5.11 Å². The lowest BCUT2D eigenvalue weighted by molar-refractivity contribution is 0.572. The van der Waals surface area contributed by atoms with Gasteiger partial charge in [0.25, 0.3) is 0 Å². The standard InChI is InChI=1S/C11H16N2S/c1-11(2,3)13(10(12)14)9-7-5-4-6-8-9/h4-8H,1-3H3,(H2,12,14). The monoisotopic (exact) mass is 208 g/mol. The summed E-state index contributed by atoms with van der Waals surface area (Å²) < 4.78 is 0. The van der Waals surface area contributed by atoms with Gasteiger partial charge in [-0.2, -0.15) is 0 Å². The van der Waals surface area contributed by atoms with Crippen LogP contribution in [0.5, 0.6) is 0 Å². The first-order valence-corrected chi connectivity index (χ1v) is 4.98. The summed E-state index contributed by atoms with van der Waals surface area (Å²) in [5.74, 6) is 0. The molecule has 0 aliphatic heterocycles. The summed E-state index contributed by atoms with van der Waals surface area (Å²) in [7, 11) is 0. The zero-order valence-electron chi connectivity index (χ0n) is 8.82. The second-order valence-corrected chi connectivity index (χ2v) is 4.60. The maximum atomic E-state index is 5.71. The van der Waals surface area contributed by atoms with Crippen LogP contribution < -0.4 is 10.6 Å². The van der Waals surface area contributed by atoms with Gasteiger partial charge < -0.3 is 10.6 Å². The zero-order valence-corrected chi connectivity index (χ0v) is 9.64. The molecule has 0 fully saturated rings. The molecule has 0 radical (unpaired) electrons. The molecule has 0 aliphatic carbocycles. The van der Waals surface area contributed by atoms with Crippen molar-refractivity contribution in [1.29, 1.82) is 0 Å². The molecule has 3 heteroatoms. The highest BCUT2D eigenvalue weighted by Gasteiger charge is 2.23. The second kappa shape index (κ2) is 3.96. The van der Waals surface area contributed by atoms with Crippen molar-refractivity contribution in [2.24, 2.45) is 5.73 Å². The first-order valence-electron chi connectivity index (χ1n) is 4.57. The maximum Gasteiger partial charge on any atom is 0.171 e. The maximum absolute atomic E-state index is 5.71. The Morgan fingerprint density at radius 1 is 1.21 bits per heavy atom.